The molecule has 0 bridgehead atoms. The van der Waals surface area contributed by atoms with E-state index in [0.717, 1.165) is 58.9 Å². The summed E-state index contributed by atoms with van der Waals surface area (Å²) in [5, 5.41) is 24.6. The third-order valence-corrected chi connectivity index (χ3v) is 6.25. The Bertz CT molecular complexity index is 1140. The molecule has 0 spiro atoms. The van der Waals surface area contributed by atoms with Crippen LogP contribution in [0.5, 0.6) is 0 Å². The lowest BCUT2D eigenvalue weighted by Gasteiger charge is -2.31. The third-order valence-electron chi connectivity index (χ3n) is 5.48. The molecule has 2 aliphatic rings. The lowest BCUT2D eigenvalue weighted by atomic mass is 10.3. The fourth-order valence-electron chi connectivity index (χ4n) is 3.33. The summed E-state index contributed by atoms with van der Waals surface area (Å²) in [5.41, 5.74) is 1.22. The molecule has 0 saturated carbocycles. The van der Waals surface area contributed by atoms with Crippen molar-refractivity contribution in [2.45, 2.75) is 44.7 Å². The van der Waals surface area contributed by atoms with E-state index in [4.69, 9.17) is 34.7 Å². The van der Waals surface area contributed by atoms with Crippen molar-refractivity contribution in [3.8, 4) is 0 Å². The highest BCUT2D eigenvalue weighted by molar-refractivity contribution is 7.09. The molecule has 22 heteroatoms. The Balaban J connectivity index is 0.000000379. The second-order valence-corrected chi connectivity index (χ2v) is 9.95. The van der Waals surface area contributed by atoms with Crippen molar-refractivity contribution in [3.63, 3.8) is 0 Å². The monoisotopic (exact) mass is 674 g/mol. The van der Waals surface area contributed by atoms with Gasteiger partial charge < -0.3 is 24.8 Å². The Morgan fingerprint density at radius 3 is 1.64 bits per heavy atom. The first kappa shape index (κ1) is 38.5. The van der Waals surface area contributed by atoms with Gasteiger partial charge >= 0.3 is 36.4 Å². The number of halogens is 9. The molecular formula is C22H27F9N6O6S. The maximum absolute atomic E-state index is 10.6. The number of rotatable bonds is 4. The first-order chi connectivity index (χ1) is 20.1. The Kier molecular flexibility index (Phi) is 14.5. The van der Waals surface area contributed by atoms with Gasteiger partial charge in [0.15, 0.2) is 0 Å². The number of alkyl halides is 9. The van der Waals surface area contributed by atoms with E-state index in [0.29, 0.717) is 0 Å². The molecule has 4 rings (SSSR count). The van der Waals surface area contributed by atoms with Crippen LogP contribution in [0.25, 0.3) is 0 Å². The van der Waals surface area contributed by atoms with Crippen molar-refractivity contribution in [2.75, 3.05) is 39.8 Å². The van der Waals surface area contributed by atoms with Crippen LogP contribution in [0, 0.1) is 0 Å². The summed E-state index contributed by atoms with van der Waals surface area (Å²) in [6, 6.07) is 0. The summed E-state index contributed by atoms with van der Waals surface area (Å²) >= 11 is 1.74. The van der Waals surface area contributed by atoms with Gasteiger partial charge in [-0.2, -0.15) is 39.5 Å². The maximum Gasteiger partial charge on any atom is 0.490 e. The standard InChI is InChI=1S/C16H24N6S.3C2HF3O2/c1-19-3-5-20(6-4-19)10-14-11-22-8-7-21(12-15(22)18-14)13-16-17-2-9-23-16;3*3-2(4,5)1(6)7/h2,9,11H,3-8,10,12-13H2,1H3;3*(H,6,7). The van der Waals surface area contributed by atoms with E-state index in [1.54, 1.807) is 11.3 Å². The van der Waals surface area contributed by atoms with Crippen LogP contribution in [0.3, 0.4) is 0 Å². The molecule has 0 radical (unpaired) electrons. The minimum absolute atomic E-state index is 0.933. The number of aliphatic carboxylic acids is 3. The minimum Gasteiger partial charge on any atom is -0.475 e. The van der Waals surface area contributed by atoms with Gasteiger partial charge in [0.2, 0.25) is 0 Å². The molecule has 3 N–H and O–H groups in total. The molecule has 1 saturated heterocycles. The topological polar surface area (TPSA) is 152 Å². The lowest BCUT2D eigenvalue weighted by molar-refractivity contribution is -0.193. The van der Waals surface area contributed by atoms with Crippen LogP contribution in [0.15, 0.2) is 17.8 Å². The van der Waals surface area contributed by atoms with Crippen LogP contribution in [-0.4, -0.2) is 121 Å². The number of carboxylic acid groups (broad SMARTS) is 3. The van der Waals surface area contributed by atoms with E-state index < -0.39 is 36.4 Å². The maximum atomic E-state index is 10.6. The fourth-order valence-corrected chi connectivity index (χ4v) is 3.99. The van der Waals surface area contributed by atoms with Gasteiger partial charge in [-0.05, 0) is 7.05 Å². The second kappa shape index (κ2) is 16.5. The zero-order valence-corrected chi connectivity index (χ0v) is 23.5. The van der Waals surface area contributed by atoms with E-state index in [1.807, 2.05) is 11.6 Å². The third kappa shape index (κ3) is 14.8. The highest BCUT2D eigenvalue weighted by atomic mass is 32.1. The number of hydrogen-bond donors (Lipinski definition) is 3. The molecule has 0 unspecified atom stereocenters. The lowest BCUT2D eigenvalue weighted by Crippen LogP contribution is -2.43. The van der Waals surface area contributed by atoms with Crippen molar-refractivity contribution in [1.29, 1.82) is 0 Å². The summed E-state index contributed by atoms with van der Waals surface area (Å²) in [6.07, 6.45) is -11.1. The molecule has 2 aliphatic heterocycles. The minimum atomic E-state index is -5.08. The molecule has 1 fully saturated rings. The zero-order chi connectivity index (χ0) is 33.9. The molecule has 0 amide bonds. The van der Waals surface area contributed by atoms with Crippen molar-refractivity contribution in [2.24, 2.45) is 0 Å². The number of piperazine rings is 1. The van der Waals surface area contributed by atoms with Gasteiger partial charge in [0.25, 0.3) is 0 Å². The van der Waals surface area contributed by atoms with Crippen LogP contribution in [0.2, 0.25) is 0 Å². The number of hydrogen-bond acceptors (Lipinski definition) is 9. The van der Waals surface area contributed by atoms with E-state index in [2.05, 4.69) is 37.5 Å². The summed E-state index contributed by atoms with van der Waals surface area (Å²) in [6.45, 7) is 9.60. The van der Waals surface area contributed by atoms with Crippen LogP contribution in [-0.2, 0) is 40.6 Å². The van der Waals surface area contributed by atoms with Crippen LogP contribution in [0.1, 0.15) is 16.5 Å². The van der Waals surface area contributed by atoms with Gasteiger partial charge in [-0.15, -0.1) is 11.3 Å². The van der Waals surface area contributed by atoms with Crippen molar-refractivity contribution in [3.05, 3.63) is 34.3 Å². The fraction of sp³-hybridized carbons (Fsp3) is 0.591. The number of carbonyl (C=O) groups is 3. The highest BCUT2D eigenvalue weighted by Crippen LogP contribution is 2.18. The van der Waals surface area contributed by atoms with Crippen LogP contribution in [0.4, 0.5) is 39.5 Å². The molecule has 2 aromatic rings. The number of aromatic nitrogens is 3. The zero-order valence-electron chi connectivity index (χ0n) is 22.7. The summed E-state index contributed by atoms with van der Waals surface area (Å²) in [4.78, 5) is 43.3. The first-order valence-corrected chi connectivity index (χ1v) is 12.9. The molecule has 0 atom stereocenters. The Morgan fingerprint density at radius 2 is 1.23 bits per heavy atom. The number of carboxylic acids is 3. The summed E-state index contributed by atoms with van der Waals surface area (Å²) in [5.74, 6) is -7.07. The average Bonchev–Trinajstić information content (AvgIpc) is 3.54. The molecule has 12 nitrogen and oxygen atoms in total. The number of likely N-dealkylation sites (N-methyl/N-ethyl adjacent to an activating group) is 1. The summed E-state index contributed by atoms with van der Waals surface area (Å²) < 4.78 is 97.5. The molecule has 0 aliphatic carbocycles. The molecule has 4 heterocycles. The Hall–Kier alpha value is -3.50. The predicted octanol–water partition coefficient (Wildman–Crippen LogP) is 3.00. The van der Waals surface area contributed by atoms with Crippen molar-refractivity contribution in [1.82, 2.24) is 29.2 Å². The van der Waals surface area contributed by atoms with Gasteiger partial charge in [-0.25, -0.2) is 24.4 Å². The number of thiazole rings is 1. The Labute approximate surface area is 246 Å². The van der Waals surface area contributed by atoms with Gasteiger partial charge in [0.05, 0.1) is 18.8 Å². The van der Waals surface area contributed by atoms with Gasteiger partial charge in [0, 0.05) is 63.6 Å². The van der Waals surface area contributed by atoms with Gasteiger partial charge in [0.1, 0.15) is 10.8 Å². The second-order valence-electron chi connectivity index (χ2n) is 8.97. The van der Waals surface area contributed by atoms with E-state index in [9.17, 15) is 39.5 Å². The van der Waals surface area contributed by atoms with Crippen molar-refractivity contribution >= 4 is 29.2 Å². The van der Waals surface area contributed by atoms with Gasteiger partial charge in [-0.3, -0.25) is 9.80 Å². The molecule has 250 valence electrons. The first-order valence-electron chi connectivity index (χ1n) is 12.1. The van der Waals surface area contributed by atoms with E-state index >= 15 is 0 Å². The number of imidazole rings is 1. The van der Waals surface area contributed by atoms with Crippen molar-refractivity contribution < 1.29 is 69.2 Å². The smallest absolute Gasteiger partial charge is 0.475 e. The average molecular weight is 675 g/mol. The molecule has 0 aromatic carbocycles. The predicted molar refractivity (Wildman–Crippen MR) is 132 cm³/mol. The van der Waals surface area contributed by atoms with Crippen LogP contribution < -0.4 is 0 Å². The molecule has 44 heavy (non-hydrogen) atoms. The van der Waals surface area contributed by atoms with Crippen LogP contribution >= 0.6 is 11.3 Å². The normalized spacial score (nSPS) is 16.2. The summed E-state index contributed by atoms with van der Waals surface area (Å²) in [7, 11) is 2.20. The van der Waals surface area contributed by atoms with Gasteiger partial charge in [-0.1, -0.05) is 0 Å². The quantitative estimate of drug-likeness (QED) is 0.411. The SMILES string of the molecule is CN1CCN(Cc2cn3c(n2)CN(Cc2nccs2)CC3)CC1.O=C(O)C(F)(F)F.O=C(O)C(F)(F)F.O=C(O)C(F)(F)F. The highest BCUT2D eigenvalue weighted by Gasteiger charge is 2.39. The van der Waals surface area contributed by atoms with E-state index in [1.165, 1.54) is 16.5 Å². The Morgan fingerprint density at radius 1 is 0.773 bits per heavy atom. The number of fused-ring (bicyclic) bond motifs is 1. The molecular weight excluding hydrogens is 647 g/mol. The number of nitrogens with zero attached hydrogens (tertiary/aromatic N) is 6. The largest absolute Gasteiger partial charge is 0.490 e. The van der Waals surface area contributed by atoms with E-state index in [-0.39, 0.29) is 0 Å². The molecule has 2 aromatic heterocycles.